The first-order chi connectivity index (χ1) is 6.93. The Morgan fingerprint density at radius 2 is 2.33 bits per heavy atom. The van der Waals surface area contributed by atoms with E-state index >= 15 is 0 Å². The van der Waals surface area contributed by atoms with Crippen molar-refractivity contribution in [3.8, 4) is 0 Å². The second kappa shape index (κ2) is 4.44. The molecule has 0 amide bonds. The van der Waals surface area contributed by atoms with Gasteiger partial charge >= 0.3 is 5.97 Å². The second-order valence-corrected chi connectivity index (χ2v) is 4.06. The van der Waals surface area contributed by atoms with Gasteiger partial charge in [-0.15, -0.1) is 0 Å². The minimum Gasteiger partial charge on any atom is -0.480 e. The Morgan fingerprint density at radius 1 is 1.67 bits per heavy atom. The van der Waals surface area contributed by atoms with E-state index < -0.39 is 11.5 Å². The highest BCUT2D eigenvalue weighted by atomic mass is 16.4. The highest BCUT2D eigenvalue weighted by Gasteiger charge is 2.25. The van der Waals surface area contributed by atoms with Crippen molar-refractivity contribution in [3.05, 3.63) is 18.2 Å². The minimum absolute atomic E-state index is 0.601. The Balaban J connectivity index is 2.40. The maximum Gasteiger partial charge on any atom is 0.323 e. The molecule has 0 aliphatic rings. The number of hydrogen-bond acceptors (Lipinski definition) is 3. The maximum atomic E-state index is 10.8. The molecule has 0 fully saturated rings. The molecule has 0 aliphatic carbocycles. The number of nitrogens with one attached hydrogen (secondary N) is 1. The summed E-state index contributed by atoms with van der Waals surface area (Å²) >= 11 is 0. The van der Waals surface area contributed by atoms with Crippen LogP contribution < -0.4 is 5.32 Å². The third kappa shape index (κ3) is 3.06. The number of rotatable bonds is 5. The summed E-state index contributed by atoms with van der Waals surface area (Å²) in [6.45, 7) is 3.89. The van der Waals surface area contributed by atoms with Crippen molar-refractivity contribution in [1.82, 2.24) is 14.9 Å². The normalized spacial score (nSPS) is 11.7. The van der Waals surface area contributed by atoms with Crippen LogP contribution >= 0.6 is 0 Å². The van der Waals surface area contributed by atoms with Gasteiger partial charge in [-0.25, -0.2) is 4.98 Å². The summed E-state index contributed by atoms with van der Waals surface area (Å²) in [6.07, 6.45) is 4.33. The van der Waals surface area contributed by atoms with Crippen molar-refractivity contribution in [3.63, 3.8) is 0 Å². The number of hydrogen-bond donors (Lipinski definition) is 2. The Labute approximate surface area is 89.1 Å². The molecule has 1 aromatic rings. The van der Waals surface area contributed by atoms with Gasteiger partial charge in [0.1, 0.15) is 11.4 Å². The van der Waals surface area contributed by atoms with Gasteiger partial charge in [-0.2, -0.15) is 0 Å². The summed E-state index contributed by atoms with van der Waals surface area (Å²) in [4.78, 5) is 15.0. The molecule has 0 unspecified atom stereocenters. The van der Waals surface area contributed by atoms with Crippen molar-refractivity contribution in [2.45, 2.75) is 25.8 Å². The molecule has 1 aromatic heterocycles. The maximum absolute atomic E-state index is 10.8. The average molecular weight is 211 g/mol. The molecule has 0 saturated heterocycles. The van der Waals surface area contributed by atoms with E-state index in [0.29, 0.717) is 6.54 Å². The van der Waals surface area contributed by atoms with E-state index in [4.69, 9.17) is 5.11 Å². The summed E-state index contributed by atoms with van der Waals surface area (Å²) < 4.78 is 1.93. The van der Waals surface area contributed by atoms with Crippen LogP contribution in [0.1, 0.15) is 19.7 Å². The highest BCUT2D eigenvalue weighted by Crippen LogP contribution is 2.02. The topological polar surface area (TPSA) is 67.2 Å². The molecule has 0 spiro atoms. The van der Waals surface area contributed by atoms with Crippen LogP contribution in [0.4, 0.5) is 0 Å². The predicted molar refractivity (Wildman–Crippen MR) is 56.6 cm³/mol. The molecule has 15 heavy (non-hydrogen) atoms. The Kier molecular flexibility index (Phi) is 3.47. The number of carboxylic acid groups (broad SMARTS) is 1. The van der Waals surface area contributed by atoms with Crippen LogP contribution in [0, 0.1) is 0 Å². The molecule has 0 atom stereocenters. The van der Waals surface area contributed by atoms with E-state index in [9.17, 15) is 4.79 Å². The molecule has 5 heteroatoms. The van der Waals surface area contributed by atoms with Crippen LogP contribution in [-0.4, -0.2) is 32.7 Å². The van der Waals surface area contributed by atoms with Crippen LogP contribution in [0.25, 0.3) is 0 Å². The van der Waals surface area contributed by atoms with E-state index in [0.717, 1.165) is 12.2 Å². The first-order valence-corrected chi connectivity index (χ1v) is 4.88. The van der Waals surface area contributed by atoms with Gasteiger partial charge in [-0.05, 0) is 13.8 Å². The van der Waals surface area contributed by atoms with E-state index in [1.54, 1.807) is 20.0 Å². The predicted octanol–water partition coefficient (Wildman–Crippen LogP) is 0.415. The van der Waals surface area contributed by atoms with Gasteiger partial charge < -0.3 is 15.0 Å². The molecule has 0 aromatic carbocycles. The number of carbonyl (C=O) groups is 1. The molecular weight excluding hydrogens is 194 g/mol. The first kappa shape index (κ1) is 11.7. The number of carboxylic acids is 1. The van der Waals surface area contributed by atoms with Gasteiger partial charge in [0, 0.05) is 32.4 Å². The zero-order valence-electron chi connectivity index (χ0n) is 9.32. The smallest absolute Gasteiger partial charge is 0.323 e. The lowest BCUT2D eigenvalue weighted by atomic mass is 10.1. The average Bonchev–Trinajstić information content (AvgIpc) is 2.51. The summed E-state index contributed by atoms with van der Waals surface area (Å²) in [7, 11) is 1.92. The van der Waals surface area contributed by atoms with E-state index in [1.165, 1.54) is 0 Å². The largest absolute Gasteiger partial charge is 0.480 e. The zero-order valence-corrected chi connectivity index (χ0v) is 9.32. The molecule has 1 rings (SSSR count). The van der Waals surface area contributed by atoms with E-state index in [-0.39, 0.29) is 0 Å². The number of aromatic nitrogens is 2. The van der Waals surface area contributed by atoms with Crippen LogP contribution in [0.3, 0.4) is 0 Å². The summed E-state index contributed by atoms with van der Waals surface area (Å²) in [5, 5.41) is 11.8. The Bertz CT molecular complexity index is 344. The van der Waals surface area contributed by atoms with E-state index in [2.05, 4.69) is 10.3 Å². The molecule has 0 radical (unpaired) electrons. The van der Waals surface area contributed by atoms with Crippen molar-refractivity contribution >= 4 is 5.97 Å². The van der Waals surface area contributed by atoms with Crippen LogP contribution in [0.5, 0.6) is 0 Å². The van der Waals surface area contributed by atoms with Crippen molar-refractivity contribution in [2.75, 3.05) is 6.54 Å². The molecule has 0 bridgehead atoms. The van der Waals surface area contributed by atoms with E-state index in [1.807, 2.05) is 17.8 Å². The fraction of sp³-hybridized carbons (Fsp3) is 0.600. The van der Waals surface area contributed by atoms with Crippen LogP contribution in [0.2, 0.25) is 0 Å². The molecule has 1 heterocycles. The third-order valence-corrected chi connectivity index (χ3v) is 2.37. The van der Waals surface area contributed by atoms with Gasteiger partial charge in [-0.3, -0.25) is 4.79 Å². The molecular formula is C10H17N3O2. The minimum atomic E-state index is -0.884. The number of aliphatic carboxylic acids is 1. The van der Waals surface area contributed by atoms with Gasteiger partial charge in [-0.1, -0.05) is 0 Å². The second-order valence-electron chi connectivity index (χ2n) is 4.06. The number of aryl methyl sites for hydroxylation is 1. The molecule has 0 saturated carbocycles. The van der Waals surface area contributed by atoms with Gasteiger partial charge in [0.05, 0.1) is 0 Å². The SMILES string of the molecule is Cn1ccnc1CCNC(C)(C)C(=O)O. The quantitative estimate of drug-likeness (QED) is 0.740. The van der Waals surface area contributed by atoms with Gasteiger partial charge in [0.25, 0.3) is 0 Å². The Morgan fingerprint density at radius 3 is 2.80 bits per heavy atom. The third-order valence-electron chi connectivity index (χ3n) is 2.37. The lowest BCUT2D eigenvalue weighted by Gasteiger charge is -2.20. The molecule has 2 N–H and O–H groups in total. The van der Waals surface area contributed by atoms with Crippen molar-refractivity contribution < 1.29 is 9.90 Å². The summed E-state index contributed by atoms with van der Waals surface area (Å²) in [5.41, 5.74) is -0.884. The highest BCUT2D eigenvalue weighted by molar-refractivity contribution is 5.77. The van der Waals surface area contributed by atoms with Crippen LogP contribution in [0.15, 0.2) is 12.4 Å². The van der Waals surface area contributed by atoms with Crippen molar-refractivity contribution in [1.29, 1.82) is 0 Å². The number of imidazole rings is 1. The lowest BCUT2D eigenvalue weighted by molar-refractivity contribution is -0.143. The standard InChI is InChI=1S/C10H17N3O2/c1-10(2,9(14)15)12-5-4-8-11-6-7-13(8)3/h6-7,12H,4-5H2,1-3H3,(H,14,15). The van der Waals surface area contributed by atoms with Crippen LogP contribution in [-0.2, 0) is 18.3 Å². The molecule has 5 nitrogen and oxygen atoms in total. The molecule has 84 valence electrons. The van der Waals surface area contributed by atoms with Gasteiger partial charge in [0.2, 0.25) is 0 Å². The fourth-order valence-electron chi connectivity index (χ4n) is 1.20. The Hall–Kier alpha value is -1.36. The summed E-state index contributed by atoms with van der Waals surface area (Å²) in [5.74, 6) is 0.103. The molecule has 0 aliphatic heterocycles. The summed E-state index contributed by atoms with van der Waals surface area (Å²) in [6, 6.07) is 0. The zero-order chi connectivity index (χ0) is 11.5. The van der Waals surface area contributed by atoms with Crippen molar-refractivity contribution in [2.24, 2.45) is 7.05 Å². The lowest BCUT2D eigenvalue weighted by Crippen LogP contribution is -2.47. The van der Waals surface area contributed by atoms with Gasteiger partial charge in [0.15, 0.2) is 0 Å². The first-order valence-electron chi connectivity index (χ1n) is 4.88. The monoisotopic (exact) mass is 211 g/mol. The fourth-order valence-corrected chi connectivity index (χ4v) is 1.20. The number of nitrogens with zero attached hydrogens (tertiary/aromatic N) is 2.